The molecule has 0 aliphatic heterocycles. The lowest BCUT2D eigenvalue weighted by molar-refractivity contribution is 0.101. The van der Waals surface area contributed by atoms with Crippen LogP contribution in [0.5, 0.6) is 5.75 Å². The van der Waals surface area contributed by atoms with E-state index < -0.39 is 0 Å². The Morgan fingerprint density at radius 1 is 1.24 bits per heavy atom. The molecular weight excluding hydrogens is 214 g/mol. The number of Topliss-reactive ketones (excluding diaryl/α,β-unsaturated/α-hetero) is 1. The minimum atomic E-state index is 0.0229. The molecule has 1 heterocycles. The summed E-state index contributed by atoms with van der Waals surface area (Å²) >= 11 is 0. The summed E-state index contributed by atoms with van der Waals surface area (Å²) in [5.74, 6) is 0.814. The molecule has 0 atom stereocenters. The fourth-order valence-corrected chi connectivity index (χ4v) is 1.56. The molecule has 3 heteroatoms. The largest absolute Gasteiger partial charge is 0.497 e. The average Bonchev–Trinajstić information content (AvgIpc) is 2.39. The maximum Gasteiger partial charge on any atom is 0.161 e. The molecule has 0 bridgehead atoms. The Morgan fingerprint density at radius 2 is 2.06 bits per heavy atom. The number of methoxy groups -OCH3 is 1. The van der Waals surface area contributed by atoms with E-state index in [9.17, 15) is 4.79 Å². The Bertz CT molecular complexity index is 532. The van der Waals surface area contributed by atoms with Crippen LogP contribution in [0.1, 0.15) is 17.3 Å². The van der Waals surface area contributed by atoms with E-state index in [2.05, 4.69) is 4.98 Å². The highest BCUT2D eigenvalue weighted by molar-refractivity contribution is 5.93. The molecule has 0 N–H and O–H groups in total. The molecule has 0 spiro atoms. The molecule has 1 aromatic carbocycles. The molecule has 3 nitrogen and oxygen atoms in total. The normalized spacial score (nSPS) is 10.0. The van der Waals surface area contributed by atoms with Crippen LogP contribution in [-0.2, 0) is 0 Å². The van der Waals surface area contributed by atoms with Gasteiger partial charge in [0.05, 0.1) is 12.8 Å². The Kier molecular flexibility index (Phi) is 3.19. The van der Waals surface area contributed by atoms with E-state index >= 15 is 0 Å². The van der Waals surface area contributed by atoms with Crippen molar-refractivity contribution >= 4 is 5.78 Å². The number of nitrogens with zero attached hydrogens (tertiary/aromatic N) is 1. The summed E-state index contributed by atoms with van der Waals surface area (Å²) < 4.78 is 5.16. The summed E-state index contributed by atoms with van der Waals surface area (Å²) in [6.45, 7) is 1.53. The molecule has 2 aromatic rings. The highest BCUT2D eigenvalue weighted by Crippen LogP contribution is 2.22. The van der Waals surface area contributed by atoms with Crippen molar-refractivity contribution < 1.29 is 9.53 Å². The second-order valence-electron chi connectivity index (χ2n) is 3.72. The molecule has 2 rings (SSSR count). The highest BCUT2D eigenvalue weighted by Gasteiger charge is 2.03. The molecule has 0 amide bonds. The number of carbonyl (C=O) groups is 1. The zero-order valence-electron chi connectivity index (χ0n) is 9.81. The van der Waals surface area contributed by atoms with Crippen LogP contribution in [0, 0.1) is 0 Å². The number of aromatic nitrogens is 1. The quantitative estimate of drug-likeness (QED) is 0.757. The summed E-state index contributed by atoms with van der Waals surface area (Å²) in [5.41, 5.74) is 2.42. The predicted molar refractivity (Wildman–Crippen MR) is 66.2 cm³/mol. The zero-order valence-corrected chi connectivity index (χ0v) is 9.81. The second-order valence-corrected chi connectivity index (χ2v) is 3.72. The number of ether oxygens (including phenoxy) is 1. The first-order valence-electron chi connectivity index (χ1n) is 5.32. The maximum absolute atomic E-state index is 11.1. The van der Waals surface area contributed by atoms with Crippen molar-refractivity contribution in [3.63, 3.8) is 0 Å². The van der Waals surface area contributed by atoms with E-state index in [4.69, 9.17) is 4.74 Å². The average molecular weight is 227 g/mol. The monoisotopic (exact) mass is 227 g/mol. The Hall–Kier alpha value is -2.16. The van der Waals surface area contributed by atoms with E-state index in [0.717, 1.165) is 17.0 Å². The smallest absolute Gasteiger partial charge is 0.161 e. The molecule has 0 fully saturated rings. The molecule has 0 unspecified atom stereocenters. The molecular formula is C14H13NO2. The van der Waals surface area contributed by atoms with E-state index in [-0.39, 0.29) is 5.78 Å². The molecule has 0 saturated carbocycles. The van der Waals surface area contributed by atoms with Gasteiger partial charge in [0.1, 0.15) is 5.75 Å². The van der Waals surface area contributed by atoms with E-state index in [1.807, 2.05) is 30.3 Å². The van der Waals surface area contributed by atoms with Crippen LogP contribution in [-0.4, -0.2) is 17.9 Å². The van der Waals surface area contributed by atoms with Gasteiger partial charge in [0.2, 0.25) is 0 Å². The number of pyridine rings is 1. The van der Waals surface area contributed by atoms with Crippen LogP contribution >= 0.6 is 0 Å². The molecule has 17 heavy (non-hydrogen) atoms. The summed E-state index contributed by atoms with van der Waals surface area (Å²) in [6.07, 6.45) is 1.59. The van der Waals surface area contributed by atoms with Gasteiger partial charge >= 0.3 is 0 Å². The van der Waals surface area contributed by atoms with Crippen molar-refractivity contribution in [2.24, 2.45) is 0 Å². The molecule has 0 aliphatic rings. The van der Waals surface area contributed by atoms with Gasteiger partial charge in [-0.05, 0) is 31.2 Å². The Balaban J connectivity index is 2.36. The van der Waals surface area contributed by atoms with Gasteiger partial charge < -0.3 is 4.74 Å². The third kappa shape index (κ3) is 2.50. The highest BCUT2D eigenvalue weighted by atomic mass is 16.5. The van der Waals surface area contributed by atoms with E-state index in [1.165, 1.54) is 6.92 Å². The Morgan fingerprint density at radius 3 is 2.65 bits per heavy atom. The van der Waals surface area contributed by atoms with Gasteiger partial charge in [0, 0.05) is 17.3 Å². The van der Waals surface area contributed by atoms with Crippen LogP contribution in [0.25, 0.3) is 11.3 Å². The standard InChI is InChI=1S/C14H13NO2/c1-10(16)12-6-7-14(15-9-12)11-4-3-5-13(8-11)17-2/h3-9H,1-2H3. The third-order valence-corrected chi connectivity index (χ3v) is 2.54. The van der Waals surface area contributed by atoms with Crippen LogP contribution in [0.4, 0.5) is 0 Å². The molecule has 1 aromatic heterocycles. The topological polar surface area (TPSA) is 39.2 Å². The molecule has 86 valence electrons. The van der Waals surface area contributed by atoms with Crippen LogP contribution in [0.15, 0.2) is 42.6 Å². The van der Waals surface area contributed by atoms with Gasteiger partial charge in [-0.1, -0.05) is 12.1 Å². The number of carbonyl (C=O) groups excluding carboxylic acids is 1. The fraction of sp³-hybridized carbons (Fsp3) is 0.143. The van der Waals surface area contributed by atoms with E-state index in [1.54, 1.807) is 19.4 Å². The van der Waals surface area contributed by atoms with Gasteiger partial charge in [0.15, 0.2) is 5.78 Å². The summed E-state index contributed by atoms with van der Waals surface area (Å²) in [5, 5.41) is 0. The summed E-state index contributed by atoms with van der Waals surface area (Å²) in [7, 11) is 1.63. The van der Waals surface area contributed by atoms with E-state index in [0.29, 0.717) is 5.56 Å². The van der Waals surface area contributed by atoms with Gasteiger partial charge in [-0.25, -0.2) is 0 Å². The summed E-state index contributed by atoms with van der Waals surface area (Å²) in [4.78, 5) is 15.4. The number of rotatable bonds is 3. The minimum Gasteiger partial charge on any atom is -0.497 e. The number of ketones is 1. The lowest BCUT2D eigenvalue weighted by atomic mass is 10.1. The first-order valence-corrected chi connectivity index (χ1v) is 5.32. The molecule has 0 saturated heterocycles. The molecule has 0 radical (unpaired) electrons. The zero-order chi connectivity index (χ0) is 12.3. The van der Waals surface area contributed by atoms with Crippen LogP contribution in [0.3, 0.4) is 0 Å². The van der Waals surface area contributed by atoms with Crippen molar-refractivity contribution in [3.05, 3.63) is 48.2 Å². The summed E-state index contributed by atoms with van der Waals surface area (Å²) in [6, 6.07) is 11.3. The SMILES string of the molecule is COc1cccc(-c2ccc(C(C)=O)cn2)c1. The van der Waals surface area contributed by atoms with Gasteiger partial charge in [-0.2, -0.15) is 0 Å². The van der Waals surface area contributed by atoms with Crippen molar-refractivity contribution in [1.82, 2.24) is 4.98 Å². The third-order valence-electron chi connectivity index (χ3n) is 2.54. The van der Waals surface area contributed by atoms with Gasteiger partial charge in [-0.15, -0.1) is 0 Å². The number of benzene rings is 1. The first-order chi connectivity index (χ1) is 8.20. The van der Waals surface area contributed by atoms with Gasteiger partial charge in [0.25, 0.3) is 0 Å². The van der Waals surface area contributed by atoms with Crippen molar-refractivity contribution in [3.8, 4) is 17.0 Å². The fourth-order valence-electron chi connectivity index (χ4n) is 1.56. The van der Waals surface area contributed by atoms with Crippen molar-refractivity contribution in [2.45, 2.75) is 6.92 Å². The lowest BCUT2D eigenvalue weighted by Crippen LogP contribution is -1.93. The maximum atomic E-state index is 11.1. The van der Waals surface area contributed by atoms with Crippen LogP contribution < -0.4 is 4.74 Å². The van der Waals surface area contributed by atoms with Crippen LogP contribution in [0.2, 0.25) is 0 Å². The predicted octanol–water partition coefficient (Wildman–Crippen LogP) is 2.96. The minimum absolute atomic E-state index is 0.0229. The lowest BCUT2D eigenvalue weighted by Gasteiger charge is -2.04. The Labute approximate surface area is 100 Å². The van der Waals surface area contributed by atoms with Gasteiger partial charge in [-0.3, -0.25) is 9.78 Å². The van der Waals surface area contributed by atoms with Crippen molar-refractivity contribution in [1.29, 1.82) is 0 Å². The number of hydrogen-bond acceptors (Lipinski definition) is 3. The number of hydrogen-bond donors (Lipinski definition) is 0. The molecule has 0 aliphatic carbocycles. The first kappa shape index (κ1) is 11.3. The van der Waals surface area contributed by atoms with Crippen molar-refractivity contribution in [2.75, 3.05) is 7.11 Å². The second kappa shape index (κ2) is 4.78.